The van der Waals surface area contributed by atoms with E-state index in [9.17, 15) is 0 Å². The third kappa shape index (κ3) is 1.26. The van der Waals surface area contributed by atoms with Crippen molar-refractivity contribution >= 4 is 11.9 Å². The van der Waals surface area contributed by atoms with Crippen LogP contribution in [0.15, 0.2) is 0 Å². The van der Waals surface area contributed by atoms with E-state index in [1.54, 1.807) is 11.7 Å². The summed E-state index contributed by atoms with van der Waals surface area (Å²) < 4.78 is 1.56. The number of aryl methyl sites for hydroxylation is 1. The highest BCUT2D eigenvalue weighted by Crippen LogP contribution is 2.22. The van der Waals surface area contributed by atoms with E-state index in [4.69, 9.17) is 5.73 Å². The summed E-state index contributed by atoms with van der Waals surface area (Å²) in [6.45, 7) is 0. The van der Waals surface area contributed by atoms with E-state index in [0.29, 0.717) is 17.9 Å². The molecule has 0 saturated heterocycles. The van der Waals surface area contributed by atoms with Gasteiger partial charge in [0.15, 0.2) is 0 Å². The lowest BCUT2D eigenvalue weighted by Crippen LogP contribution is -2.02. The Kier molecular flexibility index (Phi) is 1.24. The maximum atomic E-state index is 5.49. The molecule has 1 aromatic heterocycles. The Balaban J connectivity index is 2.11. The van der Waals surface area contributed by atoms with Gasteiger partial charge in [-0.2, -0.15) is 4.98 Å². The third-order valence-electron chi connectivity index (χ3n) is 1.71. The molecule has 1 fully saturated rings. The summed E-state index contributed by atoms with van der Waals surface area (Å²) in [6, 6.07) is 0.580. The Hall–Kier alpha value is -1.26. The van der Waals surface area contributed by atoms with Gasteiger partial charge in [-0.1, -0.05) is 0 Å². The molecule has 5 nitrogen and oxygen atoms in total. The van der Waals surface area contributed by atoms with E-state index in [0.717, 1.165) is 0 Å². The van der Waals surface area contributed by atoms with E-state index in [1.807, 2.05) is 0 Å². The van der Waals surface area contributed by atoms with Crippen molar-refractivity contribution in [1.29, 1.82) is 0 Å². The first-order valence-electron chi connectivity index (χ1n) is 3.69. The summed E-state index contributed by atoms with van der Waals surface area (Å²) in [7, 11) is 1.78. The zero-order valence-corrected chi connectivity index (χ0v) is 6.41. The van der Waals surface area contributed by atoms with E-state index < -0.39 is 0 Å². The number of nitrogens with one attached hydrogen (secondary N) is 1. The van der Waals surface area contributed by atoms with Crippen LogP contribution < -0.4 is 11.1 Å². The van der Waals surface area contributed by atoms with Crippen LogP contribution >= 0.6 is 0 Å². The smallest absolute Gasteiger partial charge is 0.244 e. The molecule has 0 unspecified atom stereocenters. The lowest BCUT2D eigenvalue weighted by atomic mass is 10.7. The maximum Gasteiger partial charge on any atom is 0.244 e. The molecule has 1 saturated carbocycles. The lowest BCUT2D eigenvalue weighted by molar-refractivity contribution is 0.778. The molecule has 1 aliphatic carbocycles. The van der Waals surface area contributed by atoms with Crippen molar-refractivity contribution in [2.75, 3.05) is 11.1 Å². The normalized spacial score (nSPS) is 16.8. The first kappa shape index (κ1) is 6.45. The summed E-state index contributed by atoms with van der Waals surface area (Å²) in [6.07, 6.45) is 2.44. The molecule has 0 amide bonds. The minimum atomic E-state index is 0.452. The molecule has 2 rings (SSSR count). The van der Waals surface area contributed by atoms with Gasteiger partial charge in [0.2, 0.25) is 11.9 Å². The average Bonchev–Trinajstić information content (AvgIpc) is 2.65. The Bertz CT molecular complexity index is 242. The van der Waals surface area contributed by atoms with E-state index >= 15 is 0 Å². The number of rotatable bonds is 2. The molecule has 60 valence electrons. The van der Waals surface area contributed by atoms with Crippen LogP contribution in [0.1, 0.15) is 12.8 Å². The van der Waals surface area contributed by atoms with Crippen molar-refractivity contribution < 1.29 is 0 Å². The van der Waals surface area contributed by atoms with Gasteiger partial charge in [-0.15, -0.1) is 5.10 Å². The topological polar surface area (TPSA) is 68.8 Å². The zero-order valence-electron chi connectivity index (χ0n) is 6.41. The Morgan fingerprint density at radius 3 is 2.82 bits per heavy atom. The molecule has 5 heteroatoms. The van der Waals surface area contributed by atoms with Crippen molar-refractivity contribution in [3.05, 3.63) is 0 Å². The molecular weight excluding hydrogens is 142 g/mol. The standard InChI is InChI=1S/C6H11N5/c1-11-5(7)9-6(10-11)8-4-2-3-4/h4H,2-3H2,1H3,(H3,7,8,9,10). The monoisotopic (exact) mass is 153 g/mol. The number of aromatic nitrogens is 3. The van der Waals surface area contributed by atoms with Gasteiger partial charge in [-0.05, 0) is 12.8 Å². The molecular formula is C6H11N5. The molecule has 1 aliphatic rings. The van der Waals surface area contributed by atoms with Crippen LogP contribution in [0.5, 0.6) is 0 Å². The highest BCUT2D eigenvalue weighted by molar-refractivity contribution is 5.33. The Labute approximate surface area is 64.6 Å². The first-order valence-corrected chi connectivity index (χ1v) is 3.69. The van der Waals surface area contributed by atoms with Gasteiger partial charge in [-0.25, -0.2) is 4.68 Å². The van der Waals surface area contributed by atoms with Crippen LogP contribution in [-0.2, 0) is 7.05 Å². The summed E-state index contributed by atoms with van der Waals surface area (Å²) in [5.41, 5.74) is 5.49. The number of nitrogens with two attached hydrogens (primary N) is 1. The van der Waals surface area contributed by atoms with Gasteiger partial charge in [0.1, 0.15) is 0 Å². The molecule has 3 N–H and O–H groups in total. The summed E-state index contributed by atoms with van der Waals surface area (Å²) in [5, 5.41) is 7.21. The second kappa shape index (κ2) is 2.11. The molecule has 0 atom stereocenters. The van der Waals surface area contributed by atoms with E-state index in [1.165, 1.54) is 12.8 Å². The number of hydrogen-bond donors (Lipinski definition) is 2. The predicted molar refractivity (Wildman–Crippen MR) is 42.1 cm³/mol. The van der Waals surface area contributed by atoms with E-state index in [2.05, 4.69) is 15.4 Å². The van der Waals surface area contributed by atoms with Crippen LogP contribution in [-0.4, -0.2) is 20.8 Å². The minimum Gasteiger partial charge on any atom is -0.368 e. The summed E-state index contributed by atoms with van der Waals surface area (Å²) >= 11 is 0. The van der Waals surface area contributed by atoms with Gasteiger partial charge in [0, 0.05) is 13.1 Å². The minimum absolute atomic E-state index is 0.452. The van der Waals surface area contributed by atoms with Crippen molar-refractivity contribution in [2.45, 2.75) is 18.9 Å². The number of anilines is 2. The van der Waals surface area contributed by atoms with Crippen LogP contribution in [0.25, 0.3) is 0 Å². The second-order valence-corrected chi connectivity index (χ2v) is 2.84. The fourth-order valence-corrected chi connectivity index (χ4v) is 0.868. The van der Waals surface area contributed by atoms with Crippen LogP contribution in [0.2, 0.25) is 0 Å². The first-order chi connectivity index (χ1) is 5.25. The molecule has 1 heterocycles. The van der Waals surface area contributed by atoms with Gasteiger partial charge in [-0.3, -0.25) is 0 Å². The number of nitrogen functional groups attached to an aromatic ring is 1. The fourth-order valence-electron chi connectivity index (χ4n) is 0.868. The van der Waals surface area contributed by atoms with Crippen molar-refractivity contribution in [3.63, 3.8) is 0 Å². The molecule has 0 bridgehead atoms. The predicted octanol–water partition coefficient (Wildman–Crippen LogP) is -0.0284. The molecule has 0 aliphatic heterocycles. The van der Waals surface area contributed by atoms with Crippen LogP contribution in [0, 0.1) is 0 Å². The van der Waals surface area contributed by atoms with Crippen molar-refractivity contribution in [1.82, 2.24) is 14.8 Å². The molecule has 0 radical (unpaired) electrons. The van der Waals surface area contributed by atoms with Gasteiger partial charge < -0.3 is 11.1 Å². The quantitative estimate of drug-likeness (QED) is 0.626. The van der Waals surface area contributed by atoms with Gasteiger partial charge >= 0.3 is 0 Å². The highest BCUT2D eigenvalue weighted by Gasteiger charge is 2.22. The largest absolute Gasteiger partial charge is 0.368 e. The zero-order chi connectivity index (χ0) is 7.84. The summed E-state index contributed by atoms with van der Waals surface area (Å²) in [5.74, 6) is 1.10. The molecule has 1 aromatic rings. The highest BCUT2D eigenvalue weighted by atomic mass is 15.4. The molecule has 0 spiro atoms. The van der Waals surface area contributed by atoms with Gasteiger partial charge in [0.25, 0.3) is 0 Å². The molecule has 11 heavy (non-hydrogen) atoms. The SMILES string of the molecule is Cn1nc(NC2CC2)nc1N. The second-order valence-electron chi connectivity index (χ2n) is 2.84. The van der Waals surface area contributed by atoms with Crippen molar-refractivity contribution in [2.24, 2.45) is 7.05 Å². The number of nitrogens with zero attached hydrogens (tertiary/aromatic N) is 3. The fraction of sp³-hybridized carbons (Fsp3) is 0.667. The Morgan fingerprint density at radius 2 is 2.36 bits per heavy atom. The Morgan fingerprint density at radius 1 is 1.64 bits per heavy atom. The maximum absolute atomic E-state index is 5.49. The van der Waals surface area contributed by atoms with Gasteiger partial charge in [0.05, 0.1) is 0 Å². The van der Waals surface area contributed by atoms with Crippen LogP contribution in [0.4, 0.5) is 11.9 Å². The van der Waals surface area contributed by atoms with E-state index in [-0.39, 0.29) is 0 Å². The lowest BCUT2D eigenvalue weighted by Gasteiger charge is -1.93. The third-order valence-corrected chi connectivity index (χ3v) is 1.71. The average molecular weight is 153 g/mol. The molecule has 0 aromatic carbocycles. The number of hydrogen-bond acceptors (Lipinski definition) is 4. The van der Waals surface area contributed by atoms with Crippen molar-refractivity contribution in [3.8, 4) is 0 Å². The summed E-state index contributed by atoms with van der Waals surface area (Å²) in [4.78, 5) is 4.01. The van der Waals surface area contributed by atoms with Crippen LogP contribution in [0.3, 0.4) is 0 Å².